The predicted molar refractivity (Wildman–Crippen MR) is 67.6 cm³/mol. The molecule has 0 spiro atoms. The molecule has 5 heteroatoms. The van der Waals surface area contributed by atoms with Crippen molar-refractivity contribution in [1.29, 1.82) is 0 Å². The smallest absolute Gasteiger partial charge is 0.337 e. The zero-order valence-corrected chi connectivity index (χ0v) is 10.9. The molecule has 0 fully saturated rings. The van der Waals surface area contributed by atoms with Crippen LogP contribution in [0.1, 0.15) is 54.5 Å². The molecule has 1 aromatic rings. The van der Waals surface area contributed by atoms with Crippen LogP contribution in [0.2, 0.25) is 0 Å². The molecule has 0 saturated heterocycles. The minimum atomic E-state index is -1.05. The summed E-state index contributed by atoms with van der Waals surface area (Å²) in [5, 5.41) is 11.6. The fourth-order valence-corrected chi connectivity index (χ4v) is 1.42. The SMILES string of the molecule is CCC(C)(CC)NC(=O)c1ccc(C(=O)O)cn1. The number of nitrogens with zero attached hydrogens (tertiary/aromatic N) is 1. The maximum Gasteiger partial charge on any atom is 0.337 e. The van der Waals surface area contributed by atoms with Crippen LogP contribution in [0.3, 0.4) is 0 Å². The van der Waals surface area contributed by atoms with Crippen molar-refractivity contribution in [2.24, 2.45) is 0 Å². The number of pyridine rings is 1. The molecule has 1 aromatic heterocycles. The van der Waals surface area contributed by atoms with Crippen molar-refractivity contribution in [1.82, 2.24) is 10.3 Å². The summed E-state index contributed by atoms with van der Waals surface area (Å²) in [5.74, 6) is -1.33. The quantitative estimate of drug-likeness (QED) is 0.838. The molecular formula is C13H18N2O3. The molecule has 0 bridgehead atoms. The maximum absolute atomic E-state index is 11.9. The topological polar surface area (TPSA) is 79.3 Å². The summed E-state index contributed by atoms with van der Waals surface area (Å²) in [7, 11) is 0. The highest BCUT2D eigenvalue weighted by atomic mass is 16.4. The number of nitrogens with one attached hydrogen (secondary N) is 1. The lowest BCUT2D eigenvalue weighted by molar-refractivity contribution is 0.0695. The highest BCUT2D eigenvalue weighted by molar-refractivity contribution is 5.94. The Labute approximate surface area is 106 Å². The molecule has 1 heterocycles. The first-order chi connectivity index (χ1) is 8.41. The van der Waals surface area contributed by atoms with E-state index in [2.05, 4.69) is 10.3 Å². The molecule has 0 atom stereocenters. The Balaban J connectivity index is 2.82. The Morgan fingerprint density at radius 2 is 1.94 bits per heavy atom. The Kier molecular flexibility index (Phi) is 4.42. The van der Waals surface area contributed by atoms with Crippen molar-refractivity contribution in [3.8, 4) is 0 Å². The summed E-state index contributed by atoms with van der Waals surface area (Å²) in [4.78, 5) is 26.5. The van der Waals surface area contributed by atoms with Crippen molar-refractivity contribution in [2.75, 3.05) is 0 Å². The van der Waals surface area contributed by atoms with Crippen LogP contribution in [-0.4, -0.2) is 27.5 Å². The van der Waals surface area contributed by atoms with Gasteiger partial charge in [-0.15, -0.1) is 0 Å². The Hall–Kier alpha value is -1.91. The van der Waals surface area contributed by atoms with E-state index < -0.39 is 5.97 Å². The normalized spacial score (nSPS) is 11.1. The molecule has 0 radical (unpaired) electrons. The molecule has 1 rings (SSSR count). The number of hydrogen-bond acceptors (Lipinski definition) is 3. The van der Waals surface area contributed by atoms with Crippen LogP contribution in [0, 0.1) is 0 Å². The Bertz CT molecular complexity index is 436. The molecule has 0 aliphatic carbocycles. The maximum atomic E-state index is 11.9. The zero-order chi connectivity index (χ0) is 13.8. The Morgan fingerprint density at radius 1 is 1.33 bits per heavy atom. The van der Waals surface area contributed by atoms with E-state index in [-0.39, 0.29) is 22.7 Å². The lowest BCUT2D eigenvalue weighted by Gasteiger charge is -2.27. The van der Waals surface area contributed by atoms with E-state index in [1.165, 1.54) is 18.3 Å². The second kappa shape index (κ2) is 5.62. The van der Waals surface area contributed by atoms with Gasteiger partial charge in [-0.05, 0) is 31.9 Å². The number of carbonyl (C=O) groups is 2. The number of carboxylic acid groups (broad SMARTS) is 1. The highest BCUT2D eigenvalue weighted by Crippen LogP contribution is 2.14. The van der Waals surface area contributed by atoms with Crippen LogP contribution >= 0.6 is 0 Å². The van der Waals surface area contributed by atoms with Crippen molar-refractivity contribution in [2.45, 2.75) is 39.2 Å². The van der Waals surface area contributed by atoms with Gasteiger partial charge >= 0.3 is 5.97 Å². The fraction of sp³-hybridized carbons (Fsp3) is 0.462. The molecule has 0 aliphatic rings. The molecule has 0 unspecified atom stereocenters. The van der Waals surface area contributed by atoms with E-state index in [1.807, 2.05) is 20.8 Å². The third-order valence-corrected chi connectivity index (χ3v) is 3.22. The number of hydrogen-bond donors (Lipinski definition) is 2. The number of carboxylic acids is 1. The van der Waals surface area contributed by atoms with Gasteiger partial charge in [0.25, 0.3) is 5.91 Å². The molecular weight excluding hydrogens is 232 g/mol. The van der Waals surface area contributed by atoms with Gasteiger partial charge < -0.3 is 10.4 Å². The van der Waals surface area contributed by atoms with Crippen LogP contribution in [0.25, 0.3) is 0 Å². The summed E-state index contributed by atoms with van der Waals surface area (Å²) in [6, 6.07) is 2.80. The van der Waals surface area contributed by atoms with E-state index in [4.69, 9.17) is 5.11 Å². The lowest BCUT2D eigenvalue weighted by Crippen LogP contribution is -2.45. The standard InChI is InChI=1S/C13H18N2O3/c1-4-13(3,5-2)15-11(16)10-7-6-9(8-14-10)12(17)18/h6-8H,4-5H2,1-3H3,(H,15,16)(H,17,18). The number of carbonyl (C=O) groups excluding carboxylic acids is 1. The van der Waals surface area contributed by atoms with Gasteiger partial charge in [0.1, 0.15) is 5.69 Å². The van der Waals surface area contributed by atoms with Gasteiger partial charge in [0.05, 0.1) is 5.56 Å². The molecule has 18 heavy (non-hydrogen) atoms. The first-order valence-electron chi connectivity index (χ1n) is 5.93. The van der Waals surface area contributed by atoms with Gasteiger partial charge in [0.2, 0.25) is 0 Å². The third-order valence-electron chi connectivity index (χ3n) is 3.22. The van der Waals surface area contributed by atoms with E-state index in [0.29, 0.717) is 0 Å². The van der Waals surface area contributed by atoms with Crippen molar-refractivity contribution in [3.05, 3.63) is 29.6 Å². The molecule has 0 aromatic carbocycles. The monoisotopic (exact) mass is 250 g/mol. The zero-order valence-electron chi connectivity index (χ0n) is 10.9. The summed E-state index contributed by atoms with van der Waals surface area (Å²) < 4.78 is 0. The van der Waals surface area contributed by atoms with Crippen LogP contribution in [0.4, 0.5) is 0 Å². The largest absolute Gasteiger partial charge is 0.478 e. The van der Waals surface area contributed by atoms with Crippen LogP contribution in [0.5, 0.6) is 0 Å². The van der Waals surface area contributed by atoms with Gasteiger partial charge in [0.15, 0.2) is 0 Å². The summed E-state index contributed by atoms with van der Waals surface area (Å²) in [5.41, 5.74) is 0.0398. The molecule has 5 nitrogen and oxygen atoms in total. The molecule has 1 amide bonds. The number of rotatable bonds is 5. The lowest BCUT2D eigenvalue weighted by atomic mass is 9.95. The predicted octanol–water partition coefficient (Wildman–Crippen LogP) is 2.09. The Morgan fingerprint density at radius 3 is 2.33 bits per heavy atom. The molecule has 2 N–H and O–H groups in total. The molecule has 0 aliphatic heterocycles. The average molecular weight is 250 g/mol. The van der Waals surface area contributed by atoms with Crippen molar-refractivity contribution >= 4 is 11.9 Å². The van der Waals surface area contributed by atoms with E-state index >= 15 is 0 Å². The van der Waals surface area contributed by atoms with Gasteiger partial charge in [0, 0.05) is 11.7 Å². The van der Waals surface area contributed by atoms with E-state index in [1.54, 1.807) is 0 Å². The first-order valence-corrected chi connectivity index (χ1v) is 5.93. The van der Waals surface area contributed by atoms with Gasteiger partial charge in [-0.3, -0.25) is 9.78 Å². The minimum absolute atomic E-state index is 0.0697. The first kappa shape index (κ1) is 14.2. The minimum Gasteiger partial charge on any atom is -0.478 e. The fourth-order valence-electron chi connectivity index (χ4n) is 1.42. The van der Waals surface area contributed by atoms with Crippen molar-refractivity contribution in [3.63, 3.8) is 0 Å². The summed E-state index contributed by atoms with van der Waals surface area (Å²) in [6.45, 7) is 5.98. The third kappa shape index (κ3) is 3.29. The number of aromatic nitrogens is 1. The second-order valence-corrected chi connectivity index (χ2v) is 4.46. The van der Waals surface area contributed by atoms with E-state index in [0.717, 1.165) is 12.8 Å². The summed E-state index contributed by atoms with van der Waals surface area (Å²) in [6.07, 6.45) is 2.83. The number of aromatic carboxylic acids is 1. The summed E-state index contributed by atoms with van der Waals surface area (Å²) >= 11 is 0. The van der Waals surface area contributed by atoms with Crippen LogP contribution in [0.15, 0.2) is 18.3 Å². The molecule has 0 saturated carbocycles. The van der Waals surface area contributed by atoms with Crippen LogP contribution in [-0.2, 0) is 0 Å². The van der Waals surface area contributed by atoms with Gasteiger partial charge in [-0.25, -0.2) is 4.79 Å². The van der Waals surface area contributed by atoms with Crippen LogP contribution < -0.4 is 5.32 Å². The average Bonchev–Trinajstić information content (AvgIpc) is 2.38. The highest BCUT2D eigenvalue weighted by Gasteiger charge is 2.23. The molecule has 98 valence electrons. The van der Waals surface area contributed by atoms with Crippen molar-refractivity contribution < 1.29 is 14.7 Å². The van der Waals surface area contributed by atoms with Gasteiger partial charge in [-0.2, -0.15) is 0 Å². The number of amides is 1. The second-order valence-electron chi connectivity index (χ2n) is 4.46. The van der Waals surface area contributed by atoms with E-state index in [9.17, 15) is 9.59 Å². The van der Waals surface area contributed by atoms with Gasteiger partial charge in [-0.1, -0.05) is 13.8 Å².